The summed E-state index contributed by atoms with van der Waals surface area (Å²) in [5.41, 5.74) is 2.89. The van der Waals surface area contributed by atoms with E-state index in [4.69, 9.17) is 0 Å². The van der Waals surface area contributed by atoms with E-state index >= 15 is 0 Å². The summed E-state index contributed by atoms with van der Waals surface area (Å²) in [6.07, 6.45) is 5.21. The highest BCUT2D eigenvalue weighted by molar-refractivity contribution is 5.49. The van der Waals surface area contributed by atoms with Crippen molar-refractivity contribution in [3.05, 3.63) is 29.8 Å². The van der Waals surface area contributed by atoms with Gasteiger partial charge in [-0.2, -0.15) is 0 Å². The Balaban J connectivity index is 1.73. The number of fused-ring (bicyclic) bond motifs is 1. The summed E-state index contributed by atoms with van der Waals surface area (Å²) in [5.74, 6) is 0. The molecule has 0 bridgehead atoms. The lowest BCUT2D eigenvalue weighted by Crippen LogP contribution is -2.55. The lowest BCUT2D eigenvalue weighted by molar-refractivity contribution is 0.203. The second-order valence-electron chi connectivity index (χ2n) is 6.21. The number of anilines is 1. The van der Waals surface area contributed by atoms with Gasteiger partial charge in [-0.3, -0.25) is 4.90 Å². The largest absolute Gasteiger partial charge is 0.366 e. The molecule has 1 aromatic rings. The molecule has 2 atom stereocenters. The molecule has 104 valence electrons. The monoisotopic (exact) mass is 258 g/mol. The van der Waals surface area contributed by atoms with Crippen LogP contribution in [0, 0.1) is 0 Å². The molecule has 0 N–H and O–H groups in total. The highest BCUT2D eigenvalue weighted by atomic mass is 15.3. The topological polar surface area (TPSA) is 6.48 Å². The van der Waals surface area contributed by atoms with Gasteiger partial charge < -0.3 is 4.90 Å². The van der Waals surface area contributed by atoms with Crippen molar-refractivity contribution in [1.82, 2.24) is 4.90 Å². The average Bonchev–Trinajstić information content (AvgIpc) is 2.86. The van der Waals surface area contributed by atoms with E-state index in [2.05, 4.69) is 47.9 Å². The number of aryl methyl sites for hydroxylation is 1. The molecule has 0 amide bonds. The molecule has 0 aliphatic carbocycles. The van der Waals surface area contributed by atoms with E-state index in [1.165, 1.54) is 56.6 Å². The zero-order valence-electron chi connectivity index (χ0n) is 12.3. The summed E-state index contributed by atoms with van der Waals surface area (Å²) in [6.45, 7) is 8.39. The van der Waals surface area contributed by atoms with E-state index in [1.807, 2.05) is 0 Å². The minimum atomic E-state index is 0.645. The molecule has 2 aliphatic heterocycles. The molecule has 2 heterocycles. The van der Waals surface area contributed by atoms with Gasteiger partial charge >= 0.3 is 0 Å². The van der Waals surface area contributed by atoms with Gasteiger partial charge in [-0.05, 0) is 50.4 Å². The summed E-state index contributed by atoms with van der Waals surface area (Å²) in [6, 6.07) is 10.7. The Kier molecular flexibility index (Phi) is 3.79. The molecule has 3 rings (SSSR count). The van der Waals surface area contributed by atoms with Crippen LogP contribution in [0.1, 0.15) is 38.7 Å². The van der Waals surface area contributed by atoms with Crippen LogP contribution in [0.25, 0.3) is 0 Å². The molecule has 0 saturated carbocycles. The lowest BCUT2D eigenvalue weighted by Gasteiger charge is -2.43. The van der Waals surface area contributed by atoms with Gasteiger partial charge in [-0.15, -0.1) is 0 Å². The molecule has 19 heavy (non-hydrogen) atoms. The highest BCUT2D eigenvalue weighted by Crippen LogP contribution is 2.28. The van der Waals surface area contributed by atoms with Crippen molar-refractivity contribution < 1.29 is 0 Å². The number of rotatable bonds is 3. The second-order valence-corrected chi connectivity index (χ2v) is 6.21. The smallest absolute Gasteiger partial charge is 0.0389 e. The van der Waals surface area contributed by atoms with Gasteiger partial charge in [0.15, 0.2) is 0 Å². The first-order chi connectivity index (χ1) is 9.28. The van der Waals surface area contributed by atoms with Crippen molar-refractivity contribution >= 4 is 5.69 Å². The number of hydrogen-bond donors (Lipinski definition) is 0. The quantitative estimate of drug-likeness (QED) is 0.820. The summed E-state index contributed by atoms with van der Waals surface area (Å²) >= 11 is 0. The number of nitrogens with zero attached hydrogens (tertiary/aromatic N) is 2. The zero-order chi connectivity index (χ0) is 13.2. The van der Waals surface area contributed by atoms with E-state index in [0.29, 0.717) is 6.04 Å². The van der Waals surface area contributed by atoms with E-state index in [9.17, 15) is 0 Å². The third-order valence-electron chi connectivity index (χ3n) is 4.74. The van der Waals surface area contributed by atoms with E-state index in [0.717, 1.165) is 6.04 Å². The maximum absolute atomic E-state index is 2.69. The molecule has 2 saturated heterocycles. The van der Waals surface area contributed by atoms with Crippen LogP contribution in [0.3, 0.4) is 0 Å². The zero-order valence-corrected chi connectivity index (χ0v) is 12.3. The third kappa shape index (κ3) is 2.64. The fourth-order valence-corrected chi connectivity index (χ4v) is 3.69. The predicted octanol–water partition coefficient (Wildman–Crippen LogP) is 3.31. The van der Waals surface area contributed by atoms with Crippen molar-refractivity contribution in [3.63, 3.8) is 0 Å². The molecule has 2 fully saturated rings. The average molecular weight is 258 g/mol. The van der Waals surface area contributed by atoms with E-state index in [1.54, 1.807) is 0 Å². The van der Waals surface area contributed by atoms with Crippen molar-refractivity contribution in [3.8, 4) is 0 Å². The Hall–Kier alpha value is -1.02. The fourth-order valence-electron chi connectivity index (χ4n) is 3.69. The van der Waals surface area contributed by atoms with Crippen LogP contribution < -0.4 is 4.90 Å². The number of piperazine rings is 1. The molecular formula is C17H26N2. The minimum absolute atomic E-state index is 0.645. The SMILES string of the molecule is CCCc1ccc(N2CC3CCCN3CC2C)cc1. The molecule has 2 unspecified atom stereocenters. The van der Waals surface area contributed by atoms with Crippen molar-refractivity contribution in [2.75, 3.05) is 24.5 Å². The normalized spacial score (nSPS) is 27.6. The third-order valence-corrected chi connectivity index (χ3v) is 4.74. The van der Waals surface area contributed by atoms with Gasteiger partial charge in [0.1, 0.15) is 0 Å². The van der Waals surface area contributed by atoms with Gasteiger partial charge in [0.25, 0.3) is 0 Å². The fraction of sp³-hybridized carbons (Fsp3) is 0.647. The first-order valence-corrected chi connectivity index (χ1v) is 7.87. The standard InChI is InChI=1S/C17H26N2/c1-3-5-15-7-9-16(10-8-15)19-13-17-6-4-11-18(17)12-14(19)2/h7-10,14,17H,3-6,11-13H2,1-2H3. The Morgan fingerprint density at radius 3 is 2.68 bits per heavy atom. The first-order valence-electron chi connectivity index (χ1n) is 7.87. The van der Waals surface area contributed by atoms with Crippen LogP contribution in [0.15, 0.2) is 24.3 Å². The molecule has 0 aromatic heterocycles. The summed E-state index contributed by atoms with van der Waals surface area (Å²) < 4.78 is 0. The minimum Gasteiger partial charge on any atom is -0.366 e. The van der Waals surface area contributed by atoms with Gasteiger partial charge in [0, 0.05) is 30.9 Å². The molecule has 1 aromatic carbocycles. The highest BCUT2D eigenvalue weighted by Gasteiger charge is 2.34. The van der Waals surface area contributed by atoms with Crippen LogP contribution in [-0.2, 0) is 6.42 Å². The van der Waals surface area contributed by atoms with Crippen LogP contribution in [-0.4, -0.2) is 36.6 Å². The number of benzene rings is 1. The molecule has 2 aliphatic rings. The van der Waals surface area contributed by atoms with Crippen LogP contribution in [0.4, 0.5) is 5.69 Å². The van der Waals surface area contributed by atoms with Crippen LogP contribution in [0.2, 0.25) is 0 Å². The van der Waals surface area contributed by atoms with Gasteiger partial charge in [0.05, 0.1) is 0 Å². The van der Waals surface area contributed by atoms with Crippen molar-refractivity contribution in [2.45, 2.75) is 51.6 Å². The van der Waals surface area contributed by atoms with Crippen LogP contribution >= 0.6 is 0 Å². The second kappa shape index (κ2) is 5.54. The summed E-state index contributed by atoms with van der Waals surface area (Å²) in [7, 11) is 0. The first kappa shape index (κ1) is 13.0. The van der Waals surface area contributed by atoms with Gasteiger partial charge in [-0.25, -0.2) is 0 Å². The molecule has 2 nitrogen and oxygen atoms in total. The summed E-state index contributed by atoms with van der Waals surface area (Å²) in [5, 5.41) is 0. The Labute approximate surface area is 117 Å². The predicted molar refractivity (Wildman–Crippen MR) is 81.8 cm³/mol. The Morgan fingerprint density at radius 2 is 1.95 bits per heavy atom. The number of hydrogen-bond acceptors (Lipinski definition) is 2. The Morgan fingerprint density at radius 1 is 1.16 bits per heavy atom. The van der Waals surface area contributed by atoms with E-state index in [-0.39, 0.29) is 0 Å². The van der Waals surface area contributed by atoms with E-state index < -0.39 is 0 Å². The van der Waals surface area contributed by atoms with Gasteiger partial charge in [-0.1, -0.05) is 25.5 Å². The molecule has 0 radical (unpaired) electrons. The summed E-state index contributed by atoms with van der Waals surface area (Å²) in [4.78, 5) is 5.30. The van der Waals surface area contributed by atoms with Crippen molar-refractivity contribution in [1.29, 1.82) is 0 Å². The molecule has 2 heteroatoms. The Bertz CT molecular complexity index is 412. The van der Waals surface area contributed by atoms with Crippen molar-refractivity contribution in [2.24, 2.45) is 0 Å². The molecular weight excluding hydrogens is 232 g/mol. The maximum atomic E-state index is 2.69. The van der Waals surface area contributed by atoms with Gasteiger partial charge in [0.2, 0.25) is 0 Å². The maximum Gasteiger partial charge on any atom is 0.0389 e. The lowest BCUT2D eigenvalue weighted by atomic mass is 10.1. The van der Waals surface area contributed by atoms with Crippen LogP contribution in [0.5, 0.6) is 0 Å². The molecule has 0 spiro atoms.